The number of thioether (sulfide) groups is 1. The van der Waals surface area contributed by atoms with E-state index < -0.39 is 0 Å². The van der Waals surface area contributed by atoms with Crippen LogP contribution >= 0.6 is 23.4 Å². The maximum absolute atomic E-state index is 12.3. The topological polar surface area (TPSA) is 32.3 Å². The van der Waals surface area contributed by atoms with Crippen molar-refractivity contribution < 1.29 is 4.79 Å². The van der Waals surface area contributed by atoms with Crippen LogP contribution in [0.1, 0.15) is 12.0 Å². The highest BCUT2D eigenvalue weighted by molar-refractivity contribution is 7.99. The maximum Gasteiger partial charge on any atom is 0.239 e. The van der Waals surface area contributed by atoms with Gasteiger partial charge in [0.1, 0.15) is 0 Å². The molecule has 5 heteroatoms. The molecule has 2 aromatic rings. The van der Waals surface area contributed by atoms with Crippen molar-refractivity contribution in [3.63, 3.8) is 0 Å². The van der Waals surface area contributed by atoms with Crippen LogP contribution in [-0.2, 0) is 11.2 Å². The molecule has 0 unspecified atom stereocenters. The molecule has 1 aliphatic rings. The van der Waals surface area contributed by atoms with Crippen LogP contribution in [0.25, 0.3) is 0 Å². The van der Waals surface area contributed by atoms with E-state index in [2.05, 4.69) is 28.4 Å². The molecule has 0 radical (unpaired) electrons. The van der Waals surface area contributed by atoms with Gasteiger partial charge in [0.2, 0.25) is 5.91 Å². The lowest BCUT2D eigenvalue weighted by Gasteiger charge is -2.23. The molecule has 1 heterocycles. The van der Waals surface area contributed by atoms with E-state index in [9.17, 15) is 4.79 Å². The van der Waals surface area contributed by atoms with Crippen LogP contribution in [0.5, 0.6) is 0 Å². The molecule has 0 fully saturated rings. The Labute approximate surface area is 152 Å². The van der Waals surface area contributed by atoms with Crippen LogP contribution in [0, 0.1) is 0 Å². The summed E-state index contributed by atoms with van der Waals surface area (Å²) in [6, 6.07) is 16.1. The van der Waals surface area contributed by atoms with E-state index in [0.717, 1.165) is 35.7 Å². The lowest BCUT2D eigenvalue weighted by molar-refractivity contribution is -0.119. The third-order valence-electron chi connectivity index (χ3n) is 4.00. The summed E-state index contributed by atoms with van der Waals surface area (Å²) >= 11 is 7.85. The molecule has 0 atom stereocenters. The number of fused-ring (bicyclic) bond motifs is 1. The van der Waals surface area contributed by atoms with Gasteiger partial charge in [0.05, 0.1) is 12.2 Å². The number of hydrogen-bond donors (Lipinski definition) is 1. The van der Waals surface area contributed by atoms with Gasteiger partial charge in [-0.25, -0.2) is 0 Å². The molecular weight excluding hydrogens is 340 g/mol. The van der Waals surface area contributed by atoms with E-state index in [0.29, 0.717) is 13.1 Å². The molecule has 2 aromatic carbocycles. The van der Waals surface area contributed by atoms with Crippen LogP contribution in [0.4, 0.5) is 5.69 Å². The summed E-state index contributed by atoms with van der Waals surface area (Å²) in [6.07, 6.45) is 1.88. The Balaban J connectivity index is 1.53. The van der Waals surface area contributed by atoms with Crippen molar-refractivity contribution in [3.05, 3.63) is 59.1 Å². The number of rotatable bonds is 5. The van der Waals surface area contributed by atoms with Crippen molar-refractivity contribution in [2.24, 2.45) is 0 Å². The smallest absolute Gasteiger partial charge is 0.239 e. The van der Waals surface area contributed by atoms with Crippen molar-refractivity contribution in [1.29, 1.82) is 0 Å². The molecular formula is C19H21ClN2OS. The predicted octanol–water partition coefficient (Wildman–Crippen LogP) is 4.00. The van der Waals surface area contributed by atoms with Crippen LogP contribution in [0.15, 0.2) is 53.4 Å². The summed E-state index contributed by atoms with van der Waals surface area (Å²) in [5, 5.41) is 3.75. The normalized spacial score (nSPS) is 14.0. The Morgan fingerprint density at radius 1 is 1.21 bits per heavy atom. The second-order valence-corrected chi connectivity index (χ2v) is 7.39. The Morgan fingerprint density at radius 2 is 2.08 bits per heavy atom. The van der Waals surface area contributed by atoms with Crippen molar-refractivity contribution in [3.8, 4) is 0 Å². The van der Waals surface area contributed by atoms with Crippen LogP contribution in [0.2, 0.25) is 5.02 Å². The van der Waals surface area contributed by atoms with Gasteiger partial charge >= 0.3 is 0 Å². The molecule has 3 nitrogen and oxygen atoms in total. The van der Waals surface area contributed by atoms with Crippen molar-refractivity contribution in [1.82, 2.24) is 5.32 Å². The number of nitrogens with zero attached hydrogens (tertiary/aromatic N) is 1. The number of anilines is 1. The second-order valence-electron chi connectivity index (χ2n) is 5.82. The lowest BCUT2D eigenvalue weighted by atomic mass is 10.1. The summed E-state index contributed by atoms with van der Waals surface area (Å²) < 4.78 is 0. The molecule has 126 valence electrons. The minimum atomic E-state index is 0.0683. The van der Waals surface area contributed by atoms with Crippen LogP contribution in [0.3, 0.4) is 0 Å². The highest BCUT2D eigenvalue weighted by Gasteiger charge is 2.17. The van der Waals surface area contributed by atoms with Crippen LogP contribution < -0.4 is 10.2 Å². The first-order valence-corrected chi connectivity index (χ1v) is 9.56. The SMILES string of the molecule is O=C(CN1CCCSc2ccccc21)NCCc1cccc(Cl)c1. The van der Waals surface area contributed by atoms with Crippen molar-refractivity contribution in [2.75, 3.05) is 30.3 Å². The second kappa shape index (κ2) is 8.45. The van der Waals surface area contributed by atoms with Crippen molar-refractivity contribution >= 4 is 35.0 Å². The lowest BCUT2D eigenvalue weighted by Crippen LogP contribution is -2.38. The molecule has 0 spiro atoms. The largest absolute Gasteiger partial charge is 0.361 e. The number of nitrogens with one attached hydrogen (secondary N) is 1. The molecule has 0 bridgehead atoms. The number of carbonyl (C=O) groups excluding carboxylic acids is 1. The Morgan fingerprint density at radius 3 is 2.96 bits per heavy atom. The fourth-order valence-electron chi connectivity index (χ4n) is 2.83. The Bertz CT molecular complexity index is 707. The summed E-state index contributed by atoms with van der Waals surface area (Å²) in [6.45, 7) is 1.96. The predicted molar refractivity (Wildman–Crippen MR) is 102 cm³/mol. The van der Waals surface area contributed by atoms with Gasteiger partial charge in [0.15, 0.2) is 0 Å². The molecule has 0 aliphatic carbocycles. The van der Waals surface area contributed by atoms with Gasteiger partial charge < -0.3 is 10.2 Å². The summed E-state index contributed by atoms with van der Waals surface area (Å²) in [4.78, 5) is 15.8. The zero-order valence-electron chi connectivity index (χ0n) is 13.5. The molecule has 3 rings (SSSR count). The third kappa shape index (κ3) is 4.68. The van der Waals surface area contributed by atoms with E-state index in [1.807, 2.05) is 42.1 Å². The number of para-hydroxylation sites is 1. The van der Waals surface area contributed by atoms with Gasteiger partial charge in [0.25, 0.3) is 0 Å². The fourth-order valence-corrected chi connectivity index (χ4v) is 4.06. The maximum atomic E-state index is 12.3. The first kappa shape index (κ1) is 17.2. The standard InChI is InChI=1S/C19H21ClN2OS/c20-16-6-3-5-15(13-16)9-10-21-19(23)14-22-11-4-12-24-18-8-2-1-7-17(18)22/h1-3,5-8,13H,4,9-12,14H2,(H,21,23). The zero-order valence-corrected chi connectivity index (χ0v) is 15.1. The number of hydrogen-bond acceptors (Lipinski definition) is 3. The van der Waals surface area contributed by atoms with Gasteiger partial charge in [-0.15, -0.1) is 11.8 Å². The van der Waals surface area contributed by atoms with E-state index >= 15 is 0 Å². The number of amides is 1. The van der Waals surface area contributed by atoms with Crippen molar-refractivity contribution in [2.45, 2.75) is 17.7 Å². The molecule has 1 N–H and O–H groups in total. The van der Waals surface area contributed by atoms with E-state index in [1.54, 1.807) is 0 Å². The quantitative estimate of drug-likeness (QED) is 0.874. The molecule has 0 saturated carbocycles. The molecule has 1 amide bonds. The monoisotopic (exact) mass is 360 g/mol. The Kier molecular flexibility index (Phi) is 6.05. The van der Waals surface area contributed by atoms with Gasteiger partial charge in [-0.05, 0) is 48.4 Å². The van der Waals surface area contributed by atoms with Gasteiger partial charge in [-0.1, -0.05) is 35.9 Å². The van der Waals surface area contributed by atoms with E-state index in [4.69, 9.17) is 11.6 Å². The first-order valence-electron chi connectivity index (χ1n) is 8.20. The highest BCUT2D eigenvalue weighted by Crippen LogP contribution is 2.33. The third-order valence-corrected chi connectivity index (χ3v) is 5.38. The molecule has 0 saturated heterocycles. The fraction of sp³-hybridized carbons (Fsp3) is 0.316. The average Bonchev–Trinajstić information content (AvgIpc) is 2.78. The minimum absolute atomic E-state index is 0.0683. The Hall–Kier alpha value is -1.65. The van der Waals surface area contributed by atoms with E-state index in [-0.39, 0.29) is 5.91 Å². The van der Waals surface area contributed by atoms with Gasteiger partial charge in [-0.2, -0.15) is 0 Å². The van der Waals surface area contributed by atoms with E-state index in [1.165, 1.54) is 10.6 Å². The summed E-state index contributed by atoms with van der Waals surface area (Å²) in [7, 11) is 0. The highest BCUT2D eigenvalue weighted by atomic mass is 35.5. The minimum Gasteiger partial charge on any atom is -0.361 e. The number of carbonyl (C=O) groups is 1. The molecule has 24 heavy (non-hydrogen) atoms. The zero-order chi connectivity index (χ0) is 16.8. The van der Waals surface area contributed by atoms with Crippen LogP contribution in [-0.4, -0.2) is 31.3 Å². The van der Waals surface area contributed by atoms with Gasteiger partial charge in [-0.3, -0.25) is 4.79 Å². The number of benzene rings is 2. The first-order chi connectivity index (χ1) is 11.7. The van der Waals surface area contributed by atoms with Gasteiger partial charge in [0, 0.05) is 23.0 Å². The molecule has 1 aliphatic heterocycles. The summed E-state index contributed by atoms with van der Waals surface area (Å²) in [5.41, 5.74) is 2.31. The number of halogens is 1. The molecule has 0 aromatic heterocycles. The average molecular weight is 361 g/mol. The summed E-state index contributed by atoms with van der Waals surface area (Å²) in [5.74, 6) is 1.17.